The first kappa shape index (κ1) is 20.8. The second kappa shape index (κ2) is 8.33. The largest absolute Gasteiger partial charge is 0.334 e. The minimum absolute atomic E-state index is 0.0861. The van der Waals surface area contributed by atoms with E-state index in [1.807, 2.05) is 31.2 Å². The van der Waals surface area contributed by atoms with Gasteiger partial charge in [0.15, 0.2) is 5.17 Å². The lowest BCUT2D eigenvalue weighted by atomic mass is 10.3. The molecule has 2 aliphatic heterocycles. The highest BCUT2D eigenvalue weighted by Gasteiger charge is 2.40. The van der Waals surface area contributed by atoms with Crippen LogP contribution >= 0.6 is 23.5 Å². The Hall–Kier alpha value is -2.49. The third-order valence-electron chi connectivity index (χ3n) is 4.53. The van der Waals surface area contributed by atoms with Crippen LogP contribution in [0.15, 0.2) is 91.4 Å². The molecule has 154 valence electrons. The van der Waals surface area contributed by atoms with Crippen molar-refractivity contribution in [3.8, 4) is 0 Å². The minimum atomic E-state index is -3.94. The van der Waals surface area contributed by atoms with Crippen molar-refractivity contribution in [3.05, 3.63) is 77.2 Å². The van der Waals surface area contributed by atoms with Gasteiger partial charge < -0.3 is 4.90 Å². The maximum atomic E-state index is 13.2. The molecule has 0 unspecified atom stereocenters. The summed E-state index contributed by atoms with van der Waals surface area (Å²) >= 11 is 2.61. The fraction of sp³-hybridized carbons (Fsp3) is 0.143. The van der Waals surface area contributed by atoms with Crippen LogP contribution in [0.5, 0.6) is 0 Å². The average molecular weight is 458 g/mol. The zero-order valence-corrected chi connectivity index (χ0v) is 18.6. The van der Waals surface area contributed by atoms with Crippen molar-refractivity contribution >= 4 is 50.3 Å². The highest BCUT2D eigenvalue weighted by molar-refractivity contribution is 8.19. The zero-order chi connectivity index (χ0) is 21.3. The molecular formula is C21H19N3O3S3. The van der Waals surface area contributed by atoms with Crippen molar-refractivity contribution in [2.24, 2.45) is 4.40 Å². The molecular weight excluding hydrogens is 438 g/mol. The van der Waals surface area contributed by atoms with Gasteiger partial charge in [0, 0.05) is 18.0 Å². The number of sulfonamides is 1. The van der Waals surface area contributed by atoms with Gasteiger partial charge in [-0.25, -0.2) is 0 Å². The van der Waals surface area contributed by atoms with Gasteiger partial charge in [0.05, 0.1) is 10.6 Å². The molecule has 9 heteroatoms. The van der Waals surface area contributed by atoms with Crippen molar-refractivity contribution in [2.45, 2.75) is 16.7 Å². The Morgan fingerprint density at radius 2 is 1.73 bits per heavy atom. The number of hydrogen-bond acceptors (Lipinski definition) is 6. The predicted octanol–water partition coefficient (Wildman–Crippen LogP) is 4.29. The summed E-state index contributed by atoms with van der Waals surface area (Å²) in [5, 5.41) is 0.934. The highest BCUT2D eigenvalue weighted by atomic mass is 32.2. The van der Waals surface area contributed by atoms with Crippen LogP contribution in [0.1, 0.15) is 6.92 Å². The van der Waals surface area contributed by atoms with E-state index in [4.69, 9.17) is 0 Å². The summed E-state index contributed by atoms with van der Waals surface area (Å²) in [4.78, 5) is 18.3. The van der Waals surface area contributed by atoms with Gasteiger partial charge in [0.2, 0.25) is 0 Å². The summed E-state index contributed by atoms with van der Waals surface area (Å²) in [5.41, 5.74) is 1.04. The van der Waals surface area contributed by atoms with E-state index in [-0.39, 0.29) is 22.5 Å². The molecule has 4 rings (SSSR count). The quantitative estimate of drug-likeness (QED) is 0.493. The fourth-order valence-corrected chi connectivity index (χ4v) is 6.76. The van der Waals surface area contributed by atoms with E-state index in [1.54, 1.807) is 24.3 Å². The molecule has 0 radical (unpaired) electrons. The van der Waals surface area contributed by atoms with Crippen LogP contribution in [0.3, 0.4) is 0 Å². The van der Waals surface area contributed by atoms with Crippen LogP contribution < -0.4 is 4.90 Å². The topological polar surface area (TPSA) is 70.1 Å². The summed E-state index contributed by atoms with van der Waals surface area (Å²) in [5.74, 6) is -0.268. The fourth-order valence-electron chi connectivity index (χ4n) is 3.16. The van der Waals surface area contributed by atoms with Gasteiger partial charge in [0.25, 0.3) is 15.9 Å². The number of amides is 1. The molecule has 1 amide bonds. The van der Waals surface area contributed by atoms with Crippen LogP contribution in [0.2, 0.25) is 0 Å². The maximum absolute atomic E-state index is 13.2. The lowest BCUT2D eigenvalue weighted by molar-refractivity contribution is -0.121. The van der Waals surface area contributed by atoms with E-state index in [9.17, 15) is 13.2 Å². The Kier molecular flexibility index (Phi) is 5.77. The minimum Gasteiger partial charge on any atom is -0.334 e. The Morgan fingerprint density at radius 1 is 1.03 bits per heavy atom. The molecule has 2 heterocycles. The SMILES string of the molecule is C=CCN1C(=O)/C(=C2/Sc3ccccc3N2CC)SC1=NS(=O)(=O)c1ccccc1. The molecule has 0 spiro atoms. The summed E-state index contributed by atoms with van der Waals surface area (Å²) in [7, 11) is -3.94. The Labute approximate surface area is 184 Å². The first-order valence-electron chi connectivity index (χ1n) is 9.25. The van der Waals surface area contributed by atoms with E-state index < -0.39 is 10.0 Å². The summed E-state index contributed by atoms with van der Waals surface area (Å²) in [6, 6.07) is 15.9. The van der Waals surface area contributed by atoms with Crippen LogP contribution in [-0.4, -0.2) is 37.5 Å². The molecule has 0 bridgehead atoms. The van der Waals surface area contributed by atoms with Crippen molar-refractivity contribution in [3.63, 3.8) is 0 Å². The van der Waals surface area contributed by atoms with Crippen LogP contribution in [0.4, 0.5) is 5.69 Å². The van der Waals surface area contributed by atoms with Crippen molar-refractivity contribution < 1.29 is 13.2 Å². The second-order valence-corrected chi connectivity index (χ2v) is 10.0. The molecule has 0 aliphatic carbocycles. The van der Waals surface area contributed by atoms with Gasteiger partial charge in [-0.3, -0.25) is 9.69 Å². The van der Waals surface area contributed by atoms with Gasteiger partial charge >= 0.3 is 0 Å². The van der Waals surface area contributed by atoms with E-state index in [1.165, 1.54) is 28.8 Å². The number of amidine groups is 1. The number of anilines is 1. The van der Waals surface area contributed by atoms with E-state index >= 15 is 0 Å². The third kappa shape index (κ3) is 3.68. The maximum Gasteiger partial charge on any atom is 0.284 e. The number of benzene rings is 2. The average Bonchev–Trinajstić information content (AvgIpc) is 3.26. The summed E-state index contributed by atoms with van der Waals surface area (Å²) in [6.07, 6.45) is 1.56. The first-order chi connectivity index (χ1) is 14.5. The number of rotatable bonds is 5. The van der Waals surface area contributed by atoms with Crippen molar-refractivity contribution in [1.82, 2.24) is 4.90 Å². The van der Waals surface area contributed by atoms with Crippen molar-refractivity contribution in [2.75, 3.05) is 18.0 Å². The van der Waals surface area contributed by atoms with Gasteiger partial charge in [-0.05, 0) is 43.0 Å². The Morgan fingerprint density at radius 3 is 2.43 bits per heavy atom. The van der Waals surface area contributed by atoms with Gasteiger partial charge in [-0.1, -0.05) is 48.2 Å². The van der Waals surface area contributed by atoms with Gasteiger partial charge in [0.1, 0.15) is 9.93 Å². The number of carbonyl (C=O) groups excluding carboxylic acids is 1. The lowest BCUT2D eigenvalue weighted by Gasteiger charge is -2.19. The molecule has 2 aliphatic rings. The summed E-state index contributed by atoms with van der Waals surface area (Å²) < 4.78 is 29.5. The monoisotopic (exact) mass is 457 g/mol. The third-order valence-corrected chi connectivity index (χ3v) is 8.31. The molecule has 2 aromatic rings. The number of thioether (sulfide) groups is 2. The Balaban J connectivity index is 1.78. The molecule has 1 saturated heterocycles. The zero-order valence-electron chi connectivity index (χ0n) is 16.2. The normalized spacial score (nSPS) is 20.2. The lowest BCUT2D eigenvalue weighted by Crippen LogP contribution is -2.30. The number of hydrogen-bond donors (Lipinski definition) is 0. The smallest absolute Gasteiger partial charge is 0.284 e. The molecule has 2 aromatic carbocycles. The molecule has 1 fully saturated rings. The molecule has 0 atom stereocenters. The van der Waals surface area contributed by atoms with Crippen LogP contribution in [0.25, 0.3) is 0 Å². The van der Waals surface area contributed by atoms with Gasteiger partial charge in [-0.15, -0.1) is 11.0 Å². The van der Waals surface area contributed by atoms with Crippen LogP contribution in [-0.2, 0) is 14.8 Å². The number of para-hydroxylation sites is 1. The first-order valence-corrected chi connectivity index (χ1v) is 12.3. The molecule has 6 nitrogen and oxygen atoms in total. The van der Waals surface area contributed by atoms with E-state index in [0.29, 0.717) is 11.4 Å². The molecule has 0 aromatic heterocycles. The molecule has 30 heavy (non-hydrogen) atoms. The number of fused-ring (bicyclic) bond motifs is 1. The molecule has 0 saturated carbocycles. The van der Waals surface area contributed by atoms with E-state index in [0.717, 1.165) is 27.4 Å². The standard InChI is InChI=1S/C21H19N3O3S3/c1-3-14-24-19(25)18(20-23(4-2)16-12-8-9-13-17(16)28-20)29-21(24)22-30(26,27)15-10-6-5-7-11-15/h3,5-13H,1,4,14H2,2H3/b20-18-,22-21?. The number of nitrogens with zero attached hydrogens (tertiary/aromatic N) is 3. The van der Waals surface area contributed by atoms with Crippen molar-refractivity contribution in [1.29, 1.82) is 0 Å². The van der Waals surface area contributed by atoms with E-state index in [2.05, 4.69) is 15.9 Å². The van der Waals surface area contributed by atoms with Gasteiger partial charge in [-0.2, -0.15) is 8.42 Å². The second-order valence-electron chi connectivity index (χ2n) is 6.42. The molecule has 0 N–H and O–H groups in total. The highest BCUT2D eigenvalue weighted by Crippen LogP contribution is 2.50. The van der Waals surface area contributed by atoms with Crippen LogP contribution in [0, 0.1) is 0 Å². The predicted molar refractivity (Wildman–Crippen MR) is 123 cm³/mol. The Bertz CT molecular complexity index is 1170. The summed E-state index contributed by atoms with van der Waals surface area (Å²) in [6.45, 7) is 6.58. The number of carbonyl (C=O) groups is 1.